The fourth-order valence-corrected chi connectivity index (χ4v) is 2.71. The monoisotopic (exact) mass is 239 g/mol. The zero-order valence-corrected chi connectivity index (χ0v) is 10.6. The maximum absolute atomic E-state index is 6.13. The maximum Gasteiger partial charge on any atom is 0.160 e. The Hall–Kier alpha value is -0.890. The maximum atomic E-state index is 6.13. The Bertz CT molecular complexity index is 361. The van der Waals surface area contributed by atoms with E-state index in [1.165, 1.54) is 25.7 Å². The number of ether oxygens (including phenoxy) is 1. The van der Waals surface area contributed by atoms with E-state index in [0.717, 1.165) is 11.4 Å². The third kappa shape index (κ3) is 2.12. The van der Waals surface area contributed by atoms with Gasteiger partial charge in [0.25, 0.3) is 0 Å². The van der Waals surface area contributed by atoms with Gasteiger partial charge in [0, 0.05) is 13.1 Å². The van der Waals surface area contributed by atoms with Crippen molar-refractivity contribution in [3.63, 3.8) is 0 Å². The first-order chi connectivity index (χ1) is 7.74. The average molecular weight is 240 g/mol. The summed E-state index contributed by atoms with van der Waals surface area (Å²) in [6.45, 7) is 0. The molecule has 2 rings (SSSR count). The standard InChI is InChI=1S/C13H18ClNO/c1-15(10-6-3-4-7-10)12-9-5-8-11(14)13(12)16-2/h5,8-10H,3-4,6-7H2,1-2H3. The zero-order valence-electron chi connectivity index (χ0n) is 9.87. The van der Waals surface area contributed by atoms with Crippen LogP contribution in [0.4, 0.5) is 5.69 Å². The first-order valence-electron chi connectivity index (χ1n) is 5.79. The van der Waals surface area contributed by atoms with Crippen LogP contribution in [-0.4, -0.2) is 20.2 Å². The van der Waals surface area contributed by atoms with Gasteiger partial charge in [-0.1, -0.05) is 30.5 Å². The molecule has 0 bridgehead atoms. The van der Waals surface area contributed by atoms with Crippen LogP contribution in [0.2, 0.25) is 5.02 Å². The van der Waals surface area contributed by atoms with E-state index in [-0.39, 0.29) is 0 Å². The molecule has 1 saturated carbocycles. The summed E-state index contributed by atoms with van der Waals surface area (Å²) in [5, 5.41) is 0.685. The van der Waals surface area contributed by atoms with Gasteiger partial charge < -0.3 is 9.64 Å². The van der Waals surface area contributed by atoms with Crippen molar-refractivity contribution in [1.82, 2.24) is 0 Å². The molecule has 0 amide bonds. The second-order valence-electron chi connectivity index (χ2n) is 4.34. The molecule has 1 aliphatic rings. The number of benzene rings is 1. The molecule has 0 N–H and O–H groups in total. The number of para-hydroxylation sites is 1. The molecule has 0 radical (unpaired) electrons. The highest BCUT2D eigenvalue weighted by Crippen LogP contribution is 2.37. The lowest BCUT2D eigenvalue weighted by Crippen LogP contribution is -2.29. The van der Waals surface area contributed by atoms with E-state index in [4.69, 9.17) is 16.3 Å². The van der Waals surface area contributed by atoms with E-state index >= 15 is 0 Å². The summed E-state index contributed by atoms with van der Waals surface area (Å²) in [4.78, 5) is 2.30. The highest BCUT2D eigenvalue weighted by Gasteiger charge is 2.22. The van der Waals surface area contributed by atoms with E-state index in [1.54, 1.807) is 7.11 Å². The van der Waals surface area contributed by atoms with Crippen LogP contribution in [-0.2, 0) is 0 Å². The fourth-order valence-electron chi connectivity index (χ4n) is 2.47. The van der Waals surface area contributed by atoms with Crippen LogP contribution in [0.15, 0.2) is 18.2 Å². The lowest BCUT2D eigenvalue weighted by atomic mass is 10.2. The average Bonchev–Trinajstić information content (AvgIpc) is 2.81. The predicted octanol–water partition coefficient (Wildman–Crippen LogP) is 3.73. The third-order valence-corrected chi connectivity index (χ3v) is 3.70. The van der Waals surface area contributed by atoms with Gasteiger partial charge in [-0.2, -0.15) is 0 Å². The Labute approximate surface area is 102 Å². The van der Waals surface area contributed by atoms with Crippen molar-refractivity contribution in [2.75, 3.05) is 19.1 Å². The first kappa shape index (κ1) is 11.6. The van der Waals surface area contributed by atoms with E-state index < -0.39 is 0 Å². The summed E-state index contributed by atoms with van der Waals surface area (Å²) < 4.78 is 5.38. The molecule has 0 aromatic heterocycles. The molecule has 0 atom stereocenters. The molecule has 2 nitrogen and oxygen atoms in total. The van der Waals surface area contributed by atoms with Gasteiger partial charge >= 0.3 is 0 Å². The van der Waals surface area contributed by atoms with Crippen LogP contribution in [0.25, 0.3) is 0 Å². The van der Waals surface area contributed by atoms with Crippen LogP contribution in [0.1, 0.15) is 25.7 Å². The van der Waals surface area contributed by atoms with Crippen LogP contribution < -0.4 is 9.64 Å². The summed E-state index contributed by atoms with van der Waals surface area (Å²) in [5.41, 5.74) is 1.10. The van der Waals surface area contributed by atoms with Gasteiger partial charge in [-0.05, 0) is 25.0 Å². The highest BCUT2D eigenvalue weighted by atomic mass is 35.5. The fraction of sp³-hybridized carbons (Fsp3) is 0.538. The van der Waals surface area contributed by atoms with Gasteiger partial charge in [-0.25, -0.2) is 0 Å². The van der Waals surface area contributed by atoms with E-state index in [9.17, 15) is 0 Å². The SMILES string of the molecule is COc1c(Cl)cccc1N(C)C1CCCC1. The molecule has 0 heterocycles. The minimum atomic E-state index is 0.632. The Balaban J connectivity index is 2.27. The minimum Gasteiger partial charge on any atom is -0.493 e. The van der Waals surface area contributed by atoms with Gasteiger partial charge in [0.15, 0.2) is 5.75 Å². The number of methoxy groups -OCH3 is 1. The molecular weight excluding hydrogens is 222 g/mol. The smallest absolute Gasteiger partial charge is 0.160 e. The molecule has 1 fully saturated rings. The number of nitrogens with zero attached hydrogens (tertiary/aromatic N) is 1. The van der Waals surface area contributed by atoms with Crippen molar-refractivity contribution in [3.05, 3.63) is 23.2 Å². The second-order valence-corrected chi connectivity index (χ2v) is 4.75. The molecule has 1 aliphatic carbocycles. The third-order valence-electron chi connectivity index (χ3n) is 3.40. The van der Waals surface area contributed by atoms with Crippen molar-refractivity contribution in [2.45, 2.75) is 31.7 Å². The molecular formula is C13H18ClNO. The molecule has 0 saturated heterocycles. The summed E-state index contributed by atoms with van der Waals surface area (Å²) in [7, 11) is 3.80. The highest BCUT2D eigenvalue weighted by molar-refractivity contribution is 6.32. The molecule has 1 aromatic carbocycles. The number of anilines is 1. The summed E-state index contributed by atoms with van der Waals surface area (Å²) in [6, 6.07) is 6.55. The summed E-state index contributed by atoms with van der Waals surface area (Å²) in [5.74, 6) is 0.790. The van der Waals surface area contributed by atoms with Gasteiger partial charge in [0.1, 0.15) is 0 Å². The Kier molecular flexibility index (Phi) is 3.59. The molecule has 0 unspecified atom stereocenters. The second kappa shape index (κ2) is 4.96. The van der Waals surface area contributed by atoms with Gasteiger partial charge in [0.05, 0.1) is 17.8 Å². The first-order valence-corrected chi connectivity index (χ1v) is 6.17. The van der Waals surface area contributed by atoms with Crippen LogP contribution in [0.5, 0.6) is 5.75 Å². The Morgan fingerprint density at radius 2 is 2.00 bits per heavy atom. The van der Waals surface area contributed by atoms with Crippen LogP contribution >= 0.6 is 11.6 Å². The van der Waals surface area contributed by atoms with E-state index in [1.807, 2.05) is 12.1 Å². The lowest BCUT2D eigenvalue weighted by Gasteiger charge is -2.28. The molecule has 88 valence electrons. The number of hydrogen-bond donors (Lipinski definition) is 0. The predicted molar refractivity (Wildman–Crippen MR) is 68.7 cm³/mol. The van der Waals surface area contributed by atoms with Gasteiger partial charge in [-0.15, -0.1) is 0 Å². The van der Waals surface area contributed by atoms with Gasteiger partial charge in [-0.3, -0.25) is 0 Å². The zero-order chi connectivity index (χ0) is 11.5. The lowest BCUT2D eigenvalue weighted by molar-refractivity contribution is 0.413. The van der Waals surface area contributed by atoms with Crippen LogP contribution in [0.3, 0.4) is 0 Å². The number of hydrogen-bond acceptors (Lipinski definition) is 2. The van der Waals surface area contributed by atoms with Crippen molar-refractivity contribution in [1.29, 1.82) is 0 Å². The van der Waals surface area contributed by atoms with Crippen molar-refractivity contribution < 1.29 is 4.74 Å². The van der Waals surface area contributed by atoms with Gasteiger partial charge in [0.2, 0.25) is 0 Å². The minimum absolute atomic E-state index is 0.632. The Morgan fingerprint density at radius 1 is 1.31 bits per heavy atom. The van der Waals surface area contributed by atoms with E-state index in [2.05, 4.69) is 18.0 Å². The largest absolute Gasteiger partial charge is 0.493 e. The normalized spacial score (nSPS) is 16.4. The number of rotatable bonds is 3. The van der Waals surface area contributed by atoms with E-state index in [0.29, 0.717) is 11.1 Å². The van der Waals surface area contributed by atoms with Crippen LogP contribution in [0, 0.1) is 0 Å². The topological polar surface area (TPSA) is 12.5 Å². The molecule has 0 aliphatic heterocycles. The molecule has 1 aromatic rings. The summed E-state index contributed by atoms with van der Waals surface area (Å²) >= 11 is 6.13. The Morgan fingerprint density at radius 3 is 2.62 bits per heavy atom. The van der Waals surface area contributed by atoms with Crippen molar-refractivity contribution in [2.24, 2.45) is 0 Å². The van der Waals surface area contributed by atoms with Crippen molar-refractivity contribution in [3.8, 4) is 5.75 Å². The summed E-state index contributed by atoms with van der Waals surface area (Å²) in [6.07, 6.45) is 5.20. The molecule has 0 spiro atoms. The quantitative estimate of drug-likeness (QED) is 0.797. The molecule has 3 heteroatoms. The van der Waals surface area contributed by atoms with Crippen molar-refractivity contribution >= 4 is 17.3 Å². The molecule has 16 heavy (non-hydrogen) atoms. The number of halogens is 1.